The van der Waals surface area contributed by atoms with E-state index in [1.807, 2.05) is 19.1 Å². The molecule has 2 N–H and O–H groups in total. The van der Waals surface area contributed by atoms with E-state index in [2.05, 4.69) is 44.7 Å². The van der Waals surface area contributed by atoms with Crippen LogP contribution in [0.25, 0.3) is 0 Å². The number of benzene rings is 2. The van der Waals surface area contributed by atoms with Gasteiger partial charge in [-0.1, -0.05) is 24.3 Å². The Bertz CT molecular complexity index is 1020. The Morgan fingerprint density at radius 2 is 1.71 bits per heavy atom. The van der Waals surface area contributed by atoms with Crippen molar-refractivity contribution in [2.24, 2.45) is 0 Å². The average Bonchev–Trinajstić information content (AvgIpc) is 3.29. The fourth-order valence-corrected chi connectivity index (χ4v) is 4.52. The van der Waals surface area contributed by atoms with Crippen molar-refractivity contribution < 1.29 is 14.4 Å². The monoisotopic (exact) mass is 463 g/mol. The van der Waals surface area contributed by atoms with Gasteiger partial charge in [-0.3, -0.25) is 19.3 Å². The van der Waals surface area contributed by atoms with Crippen molar-refractivity contribution in [1.29, 1.82) is 0 Å². The van der Waals surface area contributed by atoms with Gasteiger partial charge in [-0.15, -0.1) is 0 Å². The highest BCUT2D eigenvalue weighted by Gasteiger charge is 2.24. The number of carbonyl (C=O) groups excluding carboxylic acids is 3. The molecule has 0 radical (unpaired) electrons. The lowest BCUT2D eigenvalue weighted by molar-refractivity contribution is -0.136. The first-order valence-electron chi connectivity index (χ1n) is 12.0. The predicted molar refractivity (Wildman–Crippen MR) is 134 cm³/mol. The summed E-state index contributed by atoms with van der Waals surface area (Å²) in [5, 5.41) is 5.37. The molecule has 2 saturated heterocycles. The standard InChI is InChI=1S/C26H33N5O3/c1-20-10-11-21(19-23(20)31-14-5-9-24(31)32)28-26(34)25(33)27-12-6-13-29-15-17-30(18-16-29)22-7-3-2-4-8-22/h2-4,7-8,10-11,19H,5-6,9,12-18H2,1H3,(H,27,33)(H,28,34). The van der Waals surface area contributed by atoms with Crippen molar-refractivity contribution in [2.75, 3.05) is 60.9 Å². The lowest BCUT2D eigenvalue weighted by atomic mass is 10.1. The average molecular weight is 464 g/mol. The maximum atomic E-state index is 12.3. The highest BCUT2D eigenvalue weighted by molar-refractivity contribution is 6.39. The molecule has 2 aliphatic rings. The molecule has 3 amide bonds. The second-order valence-electron chi connectivity index (χ2n) is 8.88. The minimum atomic E-state index is -0.695. The summed E-state index contributed by atoms with van der Waals surface area (Å²) in [6, 6.07) is 15.8. The van der Waals surface area contributed by atoms with Crippen LogP contribution in [-0.2, 0) is 14.4 Å². The van der Waals surface area contributed by atoms with Crippen molar-refractivity contribution in [3.8, 4) is 0 Å². The Morgan fingerprint density at radius 3 is 2.41 bits per heavy atom. The smallest absolute Gasteiger partial charge is 0.313 e. The number of hydrogen-bond acceptors (Lipinski definition) is 5. The first-order chi connectivity index (χ1) is 16.5. The summed E-state index contributed by atoms with van der Waals surface area (Å²) in [6.07, 6.45) is 2.16. The minimum absolute atomic E-state index is 0.0887. The molecule has 0 atom stereocenters. The van der Waals surface area contributed by atoms with E-state index in [1.54, 1.807) is 17.0 Å². The maximum absolute atomic E-state index is 12.3. The zero-order chi connectivity index (χ0) is 23.9. The molecule has 8 nitrogen and oxygen atoms in total. The summed E-state index contributed by atoms with van der Waals surface area (Å²) in [7, 11) is 0. The Morgan fingerprint density at radius 1 is 0.941 bits per heavy atom. The molecule has 0 aromatic heterocycles. The number of aryl methyl sites for hydroxylation is 1. The fraction of sp³-hybridized carbons (Fsp3) is 0.423. The molecule has 2 heterocycles. The molecule has 2 aromatic carbocycles. The van der Waals surface area contributed by atoms with E-state index in [0.717, 1.165) is 56.8 Å². The Balaban J connectivity index is 1.17. The Kier molecular flexibility index (Phi) is 7.80. The highest BCUT2D eigenvalue weighted by Crippen LogP contribution is 2.28. The van der Waals surface area contributed by atoms with Gasteiger partial charge in [0.25, 0.3) is 0 Å². The molecule has 0 spiro atoms. The molecule has 4 rings (SSSR count). The molecule has 0 saturated carbocycles. The molecule has 0 aliphatic carbocycles. The van der Waals surface area contributed by atoms with Crippen LogP contribution in [0, 0.1) is 6.92 Å². The first kappa shape index (κ1) is 23.8. The number of para-hydroxylation sites is 1. The van der Waals surface area contributed by atoms with Gasteiger partial charge in [0.15, 0.2) is 0 Å². The molecule has 0 unspecified atom stereocenters. The Labute approximate surface area is 200 Å². The lowest BCUT2D eigenvalue weighted by Crippen LogP contribution is -2.47. The number of nitrogens with one attached hydrogen (secondary N) is 2. The van der Waals surface area contributed by atoms with Crippen molar-refractivity contribution in [3.63, 3.8) is 0 Å². The van der Waals surface area contributed by atoms with E-state index in [4.69, 9.17) is 0 Å². The van der Waals surface area contributed by atoms with E-state index in [1.165, 1.54) is 5.69 Å². The molecule has 2 aliphatic heterocycles. The summed E-state index contributed by atoms with van der Waals surface area (Å²) in [5.41, 5.74) is 3.51. The van der Waals surface area contributed by atoms with Crippen LogP contribution in [0.5, 0.6) is 0 Å². The van der Waals surface area contributed by atoms with Crippen molar-refractivity contribution in [3.05, 3.63) is 54.1 Å². The predicted octanol–water partition coefficient (Wildman–Crippen LogP) is 2.39. The van der Waals surface area contributed by atoms with E-state index < -0.39 is 11.8 Å². The number of amides is 3. The first-order valence-corrected chi connectivity index (χ1v) is 12.0. The van der Waals surface area contributed by atoms with Crippen LogP contribution in [0.1, 0.15) is 24.8 Å². The van der Waals surface area contributed by atoms with Crippen molar-refractivity contribution in [2.45, 2.75) is 26.2 Å². The molecular formula is C26H33N5O3. The molecule has 8 heteroatoms. The van der Waals surface area contributed by atoms with E-state index in [0.29, 0.717) is 25.2 Å². The van der Waals surface area contributed by atoms with E-state index >= 15 is 0 Å². The maximum Gasteiger partial charge on any atom is 0.313 e. The van der Waals surface area contributed by atoms with Crippen LogP contribution in [0.15, 0.2) is 48.5 Å². The molecule has 34 heavy (non-hydrogen) atoms. The second kappa shape index (κ2) is 11.2. The van der Waals surface area contributed by atoms with Crippen molar-refractivity contribution in [1.82, 2.24) is 10.2 Å². The largest absolute Gasteiger partial charge is 0.369 e. The van der Waals surface area contributed by atoms with Gasteiger partial charge < -0.3 is 20.4 Å². The summed E-state index contributed by atoms with van der Waals surface area (Å²) in [5.74, 6) is -1.25. The molecular weight excluding hydrogens is 430 g/mol. The minimum Gasteiger partial charge on any atom is -0.369 e. The molecule has 0 bridgehead atoms. The van der Waals surface area contributed by atoms with E-state index in [9.17, 15) is 14.4 Å². The summed E-state index contributed by atoms with van der Waals surface area (Å²) < 4.78 is 0. The molecule has 180 valence electrons. The summed E-state index contributed by atoms with van der Waals surface area (Å²) >= 11 is 0. The number of nitrogens with zero attached hydrogens (tertiary/aromatic N) is 3. The highest BCUT2D eigenvalue weighted by atomic mass is 16.2. The third kappa shape index (κ3) is 5.94. The summed E-state index contributed by atoms with van der Waals surface area (Å²) in [6.45, 7) is 7.89. The fourth-order valence-electron chi connectivity index (χ4n) is 4.52. The van der Waals surface area contributed by atoms with Crippen molar-refractivity contribution >= 4 is 34.8 Å². The number of piperazine rings is 1. The van der Waals surface area contributed by atoms with Gasteiger partial charge in [0.05, 0.1) is 0 Å². The Hall–Kier alpha value is -3.39. The number of hydrogen-bond donors (Lipinski definition) is 2. The van der Waals surface area contributed by atoms with Gasteiger partial charge in [0, 0.05) is 62.8 Å². The van der Waals surface area contributed by atoms with Gasteiger partial charge in [-0.25, -0.2) is 0 Å². The third-order valence-corrected chi connectivity index (χ3v) is 6.47. The zero-order valence-electron chi connectivity index (χ0n) is 19.8. The summed E-state index contributed by atoms with van der Waals surface area (Å²) in [4.78, 5) is 43.2. The number of carbonyl (C=O) groups is 3. The quantitative estimate of drug-likeness (QED) is 0.487. The van der Waals surface area contributed by atoms with Gasteiger partial charge in [0.2, 0.25) is 5.91 Å². The normalized spacial score (nSPS) is 16.6. The SMILES string of the molecule is Cc1ccc(NC(=O)C(=O)NCCCN2CCN(c3ccccc3)CC2)cc1N1CCCC1=O. The number of anilines is 3. The zero-order valence-corrected chi connectivity index (χ0v) is 19.8. The van der Waals surface area contributed by atoms with Crippen LogP contribution in [-0.4, -0.2) is 68.4 Å². The van der Waals surface area contributed by atoms with Crippen LogP contribution >= 0.6 is 0 Å². The molecule has 2 fully saturated rings. The third-order valence-electron chi connectivity index (χ3n) is 6.47. The lowest BCUT2D eigenvalue weighted by Gasteiger charge is -2.36. The topological polar surface area (TPSA) is 85.0 Å². The molecule has 2 aromatic rings. The second-order valence-corrected chi connectivity index (χ2v) is 8.88. The van der Waals surface area contributed by atoms with Gasteiger partial charge in [0.1, 0.15) is 0 Å². The van der Waals surface area contributed by atoms with Gasteiger partial charge >= 0.3 is 11.8 Å². The van der Waals surface area contributed by atoms with Crippen LogP contribution in [0.4, 0.5) is 17.1 Å². The van der Waals surface area contributed by atoms with Crippen LogP contribution in [0.3, 0.4) is 0 Å². The van der Waals surface area contributed by atoms with E-state index in [-0.39, 0.29) is 5.91 Å². The van der Waals surface area contributed by atoms with Gasteiger partial charge in [-0.05, 0) is 56.1 Å². The van der Waals surface area contributed by atoms with Crippen LogP contribution in [0.2, 0.25) is 0 Å². The van der Waals surface area contributed by atoms with Crippen LogP contribution < -0.4 is 20.4 Å². The van der Waals surface area contributed by atoms with Gasteiger partial charge in [-0.2, -0.15) is 0 Å². The number of rotatable bonds is 7.